The lowest BCUT2D eigenvalue weighted by Gasteiger charge is -2.37. The fraction of sp³-hybridized carbons (Fsp3) is 0.800. The molecule has 1 fully saturated rings. The molecule has 0 aliphatic carbocycles. The third-order valence-electron chi connectivity index (χ3n) is 2.73. The van der Waals surface area contributed by atoms with Crippen LogP contribution in [0.5, 0.6) is 0 Å². The quantitative estimate of drug-likeness (QED) is 0.844. The third kappa shape index (κ3) is 2.13. The summed E-state index contributed by atoms with van der Waals surface area (Å²) in [5, 5.41) is 4.37. The van der Waals surface area contributed by atoms with Gasteiger partial charge in [0, 0.05) is 37.1 Å². The highest BCUT2D eigenvalue weighted by Crippen LogP contribution is 2.23. The summed E-state index contributed by atoms with van der Waals surface area (Å²) in [5.41, 5.74) is 0. The maximum Gasteiger partial charge on any atom is 0.205 e. The van der Waals surface area contributed by atoms with Crippen molar-refractivity contribution in [1.29, 1.82) is 0 Å². The fourth-order valence-corrected chi connectivity index (χ4v) is 2.57. The van der Waals surface area contributed by atoms with E-state index in [1.807, 2.05) is 0 Å². The average molecular weight is 226 g/mol. The van der Waals surface area contributed by atoms with Crippen LogP contribution in [0, 0.1) is 0 Å². The summed E-state index contributed by atoms with van der Waals surface area (Å²) < 4.78 is 4.39. The summed E-state index contributed by atoms with van der Waals surface area (Å²) in [5.74, 6) is 1.40. The zero-order valence-electron chi connectivity index (χ0n) is 9.53. The van der Waals surface area contributed by atoms with Crippen LogP contribution in [0.2, 0.25) is 0 Å². The first-order valence-corrected chi connectivity index (χ1v) is 6.30. The van der Waals surface area contributed by atoms with Gasteiger partial charge in [-0.2, -0.15) is 4.37 Å². The molecule has 4 nitrogen and oxygen atoms in total. The van der Waals surface area contributed by atoms with E-state index in [0.717, 1.165) is 30.6 Å². The van der Waals surface area contributed by atoms with Crippen molar-refractivity contribution in [3.8, 4) is 0 Å². The molecule has 2 rings (SSSR count). The highest BCUT2D eigenvalue weighted by molar-refractivity contribution is 7.09. The number of hydrogen-bond donors (Lipinski definition) is 1. The number of rotatable bonds is 4. The first-order chi connectivity index (χ1) is 7.22. The molecule has 0 atom stereocenters. The zero-order chi connectivity index (χ0) is 10.8. The minimum atomic E-state index is 0.424. The van der Waals surface area contributed by atoms with Gasteiger partial charge in [0.15, 0.2) is 0 Å². The monoisotopic (exact) mass is 226 g/mol. The lowest BCUT2D eigenvalue weighted by molar-refractivity contribution is 0.417. The topological polar surface area (TPSA) is 41.1 Å². The fourth-order valence-electron chi connectivity index (χ4n) is 1.62. The molecule has 1 aliphatic rings. The molecule has 0 unspecified atom stereocenters. The smallest absolute Gasteiger partial charge is 0.205 e. The van der Waals surface area contributed by atoms with Crippen LogP contribution in [0.15, 0.2) is 0 Å². The van der Waals surface area contributed by atoms with Crippen LogP contribution in [0.1, 0.15) is 32.5 Å². The van der Waals surface area contributed by atoms with Crippen molar-refractivity contribution in [2.45, 2.75) is 32.7 Å². The molecule has 1 aromatic heterocycles. The van der Waals surface area contributed by atoms with Crippen LogP contribution in [-0.2, 0) is 0 Å². The Kier molecular flexibility index (Phi) is 3.21. The second-order valence-electron chi connectivity index (χ2n) is 4.19. The van der Waals surface area contributed by atoms with E-state index in [2.05, 4.69) is 40.3 Å². The standard InChI is InChI=1S/C10H18N4S/c1-4-14(8-5-11-6-8)10-12-9(7(2)3)13-15-10/h7-8,11H,4-6H2,1-3H3. The molecule has 0 bridgehead atoms. The van der Waals surface area contributed by atoms with Gasteiger partial charge in [0.1, 0.15) is 5.82 Å². The molecule has 0 radical (unpaired) electrons. The Labute approximate surface area is 94.9 Å². The third-order valence-corrected chi connectivity index (χ3v) is 3.50. The van der Waals surface area contributed by atoms with Crippen LogP contribution in [0.4, 0.5) is 5.13 Å². The minimum absolute atomic E-state index is 0.424. The molecule has 0 amide bonds. The number of aromatic nitrogens is 2. The van der Waals surface area contributed by atoms with Crippen molar-refractivity contribution in [2.24, 2.45) is 0 Å². The van der Waals surface area contributed by atoms with E-state index in [1.165, 1.54) is 11.5 Å². The Hall–Kier alpha value is -0.680. The van der Waals surface area contributed by atoms with Crippen molar-refractivity contribution in [3.05, 3.63) is 5.82 Å². The molecule has 0 aromatic carbocycles. The van der Waals surface area contributed by atoms with E-state index in [4.69, 9.17) is 0 Å². The molecule has 2 heterocycles. The molecular weight excluding hydrogens is 208 g/mol. The number of anilines is 1. The molecule has 0 saturated carbocycles. The summed E-state index contributed by atoms with van der Waals surface area (Å²) in [6.07, 6.45) is 0. The Morgan fingerprint density at radius 1 is 1.53 bits per heavy atom. The maximum absolute atomic E-state index is 4.59. The summed E-state index contributed by atoms with van der Waals surface area (Å²) in [6.45, 7) is 9.60. The molecule has 5 heteroatoms. The molecule has 1 aliphatic heterocycles. The highest BCUT2D eigenvalue weighted by Gasteiger charge is 2.26. The lowest BCUT2D eigenvalue weighted by Crippen LogP contribution is -2.57. The summed E-state index contributed by atoms with van der Waals surface area (Å²) in [4.78, 5) is 6.94. The molecule has 1 saturated heterocycles. The number of hydrogen-bond acceptors (Lipinski definition) is 5. The van der Waals surface area contributed by atoms with Crippen LogP contribution in [0.25, 0.3) is 0 Å². The Morgan fingerprint density at radius 3 is 2.67 bits per heavy atom. The number of nitrogens with one attached hydrogen (secondary N) is 1. The van der Waals surface area contributed by atoms with Crippen LogP contribution in [-0.4, -0.2) is 35.0 Å². The molecule has 1 aromatic rings. The van der Waals surface area contributed by atoms with E-state index in [9.17, 15) is 0 Å². The van der Waals surface area contributed by atoms with Gasteiger partial charge in [0.25, 0.3) is 0 Å². The number of likely N-dealkylation sites (N-methyl/N-ethyl adjacent to an activating group) is 1. The predicted molar refractivity (Wildman–Crippen MR) is 63.7 cm³/mol. The van der Waals surface area contributed by atoms with Crippen molar-refractivity contribution >= 4 is 16.7 Å². The van der Waals surface area contributed by atoms with Crippen molar-refractivity contribution in [1.82, 2.24) is 14.7 Å². The van der Waals surface area contributed by atoms with Crippen molar-refractivity contribution < 1.29 is 0 Å². The Balaban J connectivity index is 2.11. The molecule has 1 N–H and O–H groups in total. The second kappa shape index (κ2) is 4.45. The number of nitrogens with zero attached hydrogens (tertiary/aromatic N) is 3. The Bertz CT molecular complexity index is 319. The van der Waals surface area contributed by atoms with E-state index in [0.29, 0.717) is 12.0 Å². The van der Waals surface area contributed by atoms with E-state index >= 15 is 0 Å². The van der Waals surface area contributed by atoms with E-state index in [1.54, 1.807) is 0 Å². The normalized spacial score (nSPS) is 16.8. The van der Waals surface area contributed by atoms with Gasteiger partial charge in [-0.05, 0) is 6.92 Å². The van der Waals surface area contributed by atoms with Crippen LogP contribution < -0.4 is 10.2 Å². The zero-order valence-corrected chi connectivity index (χ0v) is 10.3. The van der Waals surface area contributed by atoms with Gasteiger partial charge in [-0.3, -0.25) is 0 Å². The van der Waals surface area contributed by atoms with Gasteiger partial charge >= 0.3 is 0 Å². The predicted octanol–water partition coefficient (Wildman–Crippen LogP) is 1.46. The second-order valence-corrected chi connectivity index (χ2v) is 4.92. The summed E-state index contributed by atoms with van der Waals surface area (Å²) in [7, 11) is 0. The molecule has 84 valence electrons. The lowest BCUT2D eigenvalue weighted by atomic mass is 10.1. The summed E-state index contributed by atoms with van der Waals surface area (Å²) >= 11 is 1.53. The summed E-state index contributed by atoms with van der Waals surface area (Å²) in [6, 6.07) is 0.614. The SMILES string of the molecule is CCN(c1nc(C(C)C)ns1)C1CNC1. The molecule has 15 heavy (non-hydrogen) atoms. The largest absolute Gasteiger partial charge is 0.342 e. The minimum Gasteiger partial charge on any atom is -0.342 e. The first-order valence-electron chi connectivity index (χ1n) is 5.53. The molecule has 0 spiro atoms. The van der Waals surface area contributed by atoms with E-state index in [-0.39, 0.29) is 0 Å². The maximum atomic E-state index is 4.59. The van der Waals surface area contributed by atoms with Gasteiger partial charge in [-0.15, -0.1) is 0 Å². The Morgan fingerprint density at radius 2 is 2.27 bits per heavy atom. The van der Waals surface area contributed by atoms with Crippen LogP contribution in [0.3, 0.4) is 0 Å². The average Bonchev–Trinajstić information content (AvgIpc) is 2.59. The van der Waals surface area contributed by atoms with E-state index < -0.39 is 0 Å². The first kappa shape index (κ1) is 10.8. The van der Waals surface area contributed by atoms with Gasteiger partial charge in [-0.1, -0.05) is 13.8 Å². The highest BCUT2D eigenvalue weighted by atomic mass is 32.1. The van der Waals surface area contributed by atoms with Crippen molar-refractivity contribution in [2.75, 3.05) is 24.5 Å². The van der Waals surface area contributed by atoms with Gasteiger partial charge in [0.2, 0.25) is 5.13 Å². The van der Waals surface area contributed by atoms with Gasteiger partial charge in [0.05, 0.1) is 6.04 Å². The molecular formula is C10H18N4S. The van der Waals surface area contributed by atoms with Gasteiger partial charge < -0.3 is 10.2 Å². The van der Waals surface area contributed by atoms with Crippen molar-refractivity contribution in [3.63, 3.8) is 0 Å². The van der Waals surface area contributed by atoms with Crippen LogP contribution >= 0.6 is 11.5 Å². The van der Waals surface area contributed by atoms with Gasteiger partial charge in [-0.25, -0.2) is 4.98 Å².